The van der Waals surface area contributed by atoms with E-state index in [0.717, 1.165) is 9.99 Å². The minimum absolute atomic E-state index is 0.0180. The summed E-state index contributed by atoms with van der Waals surface area (Å²) in [5.41, 5.74) is 0.176. The van der Waals surface area contributed by atoms with Gasteiger partial charge < -0.3 is 0 Å². The third kappa shape index (κ3) is 1.35. The van der Waals surface area contributed by atoms with Crippen LogP contribution in [0.1, 0.15) is 13.3 Å². The Morgan fingerprint density at radius 1 is 1.20 bits per heavy atom. The Labute approximate surface area is 131 Å². The fourth-order valence-electron chi connectivity index (χ4n) is 4.14. The predicted octanol–water partition coefficient (Wildman–Crippen LogP) is 2.99. The van der Waals surface area contributed by atoms with Crippen LogP contribution in [0.15, 0.2) is 36.4 Å². The lowest BCUT2D eigenvalue weighted by Crippen LogP contribution is -2.37. The molecular weight excluding hydrogens is 365 g/mol. The summed E-state index contributed by atoms with van der Waals surface area (Å²) < 4.78 is 1.10. The molecule has 4 rings (SSSR count). The van der Waals surface area contributed by atoms with E-state index in [2.05, 4.69) is 34.7 Å². The molecule has 1 saturated heterocycles. The smallest absolute Gasteiger partial charge is 0.241 e. The monoisotopic (exact) mass is 379 g/mol. The average molecular weight is 379 g/mol. The normalized spacial score (nSPS) is 37.9. The second-order valence-electron chi connectivity index (χ2n) is 6.11. The number of amides is 2. The molecule has 1 aliphatic heterocycles. The summed E-state index contributed by atoms with van der Waals surface area (Å²) in [7, 11) is 0. The highest BCUT2D eigenvalue weighted by Crippen LogP contribution is 2.60. The van der Waals surface area contributed by atoms with Gasteiger partial charge in [-0.3, -0.25) is 9.59 Å². The van der Waals surface area contributed by atoms with Crippen molar-refractivity contribution in [2.24, 2.45) is 23.2 Å². The van der Waals surface area contributed by atoms with Crippen LogP contribution in [0.3, 0.4) is 0 Å². The molecule has 0 N–H and O–H groups in total. The van der Waals surface area contributed by atoms with E-state index in [9.17, 15) is 9.59 Å². The van der Waals surface area contributed by atoms with Crippen molar-refractivity contribution in [3.63, 3.8) is 0 Å². The van der Waals surface area contributed by atoms with Crippen molar-refractivity contribution in [3.05, 3.63) is 40.0 Å². The van der Waals surface area contributed by atoms with E-state index < -0.39 is 5.41 Å². The standard InChI is InChI=1S/C16H14INO2/c1-16-10-3-2-9(8-10)13(16)14(19)18(15(16)20)12-6-4-11(17)5-7-12/h2-7,9-10,13H,8H2,1H3/t9-,10+,13-,16-/m1/s1. The van der Waals surface area contributed by atoms with Crippen molar-refractivity contribution in [1.82, 2.24) is 0 Å². The molecule has 1 aromatic carbocycles. The topological polar surface area (TPSA) is 37.4 Å². The molecule has 1 heterocycles. The molecule has 2 amide bonds. The summed E-state index contributed by atoms with van der Waals surface area (Å²) >= 11 is 2.22. The minimum atomic E-state index is -0.528. The SMILES string of the molecule is C[C@]12C(=O)N(c3ccc(I)cc3)C(=O)[C@H]1[C@@H]1C=C[C@H]2C1. The van der Waals surface area contributed by atoms with Crippen molar-refractivity contribution >= 4 is 40.1 Å². The van der Waals surface area contributed by atoms with Gasteiger partial charge in [0.05, 0.1) is 17.0 Å². The first-order chi connectivity index (χ1) is 9.53. The van der Waals surface area contributed by atoms with Crippen molar-refractivity contribution in [2.45, 2.75) is 13.3 Å². The number of carbonyl (C=O) groups excluding carboxylic acids is 2. The molecule has 0 aromatic heterocycles. The van der Waals surface area contributed by atoms with E-state index in [1.165, 1.54) is 4.90 Å². The lowest BCUT2D eigenvalue weighted by atomic mass is 9.71. The van der Waals surface area contributed by atoms with Crippen LogP contribution >= 0.6 is 22.6 Å². The van der Waals surface area contributed by atoms with E-state index in [4.69, 9.17) is 0 Å². The highest BCUT2D eigenvalue weighted by atomic mass is 127. The number of rotatable bonds is 1. The van der Waals surface area contributed by atoms with Crippen molar-refractivity contribution < 1.29 is 9.59 Å². The third-order valence-electron chi connectivity index (χ3n) is 5.20. The van der Waals surface area contributed by atoms with E-state index in [0.29, 0.717) is 5.69 Å². The molecule has 3 nitrogen and oxygen atoms in total. The Kier molecular flexibility index (Phi) is 2.47. The average Bonchev–Trinajstić information content (AvgIpc) is 3.05. The van der Waals surface area contributed by atoms with Gasteiger partial charge in [-0.25, -0.2) is 4.90 Å². The van der Waals surface area contributed by atoms with E-state index in [-0.39, 0.29) is 29.6 Å². The molecule has 3 aliphatic rings. The van der Waals surface area contributed by atoms with Gasteiger partial charge in [-0.1, -0.05) is 12.2 Å². The molecule has 20 heavy (non-hydrogen) atoms. The molecule has 0 unspecified atom stereocenters. The molecule has 1 saturated carbocycles. The summed E-state index contributed by atoms with van der Waals surface area (Å²) in [6, 6.07) is 7.58. The van der Waals surface area contributed by atoms with E-state index in [1.54, 1.807) is 0 Å². The molecule has 4 heteroatoms. The summed E-state index contributed by atoms with van der Waals surface area (Å²) in [5, 5.41) is 0. The molecule has 102 valence electrons. The Morgan fingerprint density at radius 2 is 1.90 bits per heavy atom. The Morgan fingerprint density at radius 3 is 2.55 bits per heavy atom. The predicted molar refractivity (Wildman–Crippen MR) is 84.0 cm³/mol. The molecule has 0 radical (unpaired) electrons. The number of benzene rings is 1. The van der Waals surface area contributed by atoms with Gasteiger partial charge >= 0.3 is 0 Å². The maximum atomic E-state index is 12.9. The fourth-order valence-corrected chi connectivity index (χ4v) is 4.50. The lowest BCUT2D eigenvalue weighted by Gasteiger charge is -2.28. The molecule has 2 fully saturated rings. The second-order valence-corrected chi connectivity index (χ2v) is 7.35. The largest absolute Gasteiger partial charge is 0.274 e. The van der Waals surface area contributed by atoms with Gasteiger partial charge in [-0.2, -0.15) is 0 Å². The highest BCUT2D eigenvalue weighted by molar-refractivity contribution is 14.1. The summed E-state index contributed by atoms with van der Waals surface area (Å²) in [5.74, 6) is 0.267. The van der Waals surface area contributed by atoms with E-state index >= 15 is 0 Å². The van der Waals surface area contributed by atoms with Crippen LogP contribution in [0.4, 0.5) is 5.69 Å². The van der Waals surface area contributed by atoms with Crippen LogP contribution in [0.25, 0.3) is 0 Å². The zero-order valence-electron chi connectivity index (χ0n) is 11.0. The number of hydrogen-bond donors (Lipinski definition) is 0. The zero-order chi connectivity index (χ0) is 14.1. The Bertz CT molecular complexity index is 651. The van der Waals surface area contributed by atoms with Gasteiger partial charge in [0.2, 0.25) is 11.8 Å². The number of anilines is 1. The first-order valence-electron chi connectivity index (χ1n) is 6.86. The molecule has 2 bridgehead atoms. The van der Waals surface area contributed by atoms with Crippen molar-refractivity contribution in [2.75, 3.05) is 4.90 Å². The first kappa shape index (κ1) is 12.6. The number of nitrogens with zero attached hydrogens (tertiary/aromatic N) is 1. The van der Waals surface area contributed by atoms with Gasteiger partial charge in [0.15, 0.2) is 0 Å². The molecular formula is C16H14INO2. The van der Waals surface area contributed by atoms with Crippen LogP contribution in [-0.4, -0.2) is 11.8 Å². The minimum Gasteiger partial charge on any atom is -0.274 e. The zero-order valence-corrected chi connectivity index (χ0v) is 13.2. The molecule has 1 aromatic rings. The molecule has 0 spiro atoms. The highest BCUT2D eigenvalue weighted by Gasteiger charge is 2.67. The lowest BCUT2D eigenvalue weighted by molar-refractivity contribution is -0.127. The van der Waals surface area contributed by atoms with Gasteiger partial charge in [0, 0.05) is 3.57 Å². The third-order valence-corrected chi connectivity index (χ3v) is 5.92. The van der Waals surface area contributed by atoms with Crippen LogP contribution in [-0.2, 0) is 9.59 Å². The van der Waals surface area contributed by atoms with Gasteiger partial charge in [-0.15, -0.1) is 0 Å². The molecule has 4 atom stereocenters. The van der Waals surface area contributed by atoms with Crippen LogP contribution in [0, 0.1) is 26.7 Å². The quantitative estimate of drug-likeness (QED) is 0.428. The Balaban J connectivity index is 1.80. The summed E-state index contributed by atoms with van der Waals surface area (Å²) in [4.78, 5) is 27.0. The van der Waals surface area contributed by atoms with Crippen LogP contribution in [0.5, 0.6) is 0 Å². The van der Waals surface area contributed by atoms with Gasteiger partial charge in [0.25, 0.3) is 0 Å². The number of carbonyl (C=O) groups is 2. The Hall–Kier alpha value is -1.17. The summed E-state index contributed by atoms with van der Waals surface area (Å²) in [6.07, 6.45) is 5.21. The van der Waals surface area contributed by atoms with Crippen molar-refractivity contribution in [3.8, 4) is 0 Å². The fraction of sp³-hybridized carbons (Fsp3) is 0.375. The number of allylic oxidation sites excluding steroid dienone is 2. The maximum Gasteiger partial charge on any atom is 0.241 e. The van der Waals surface area contributed by atoms with Crippen LogP contribution in [0.2, 0.25) is 0 Å². The first-order valence-corrected chi connectivity index (χ1v) is 7.93. The summed E-state index contributed by atoms with van der Waals surface area (Å²) in [6.45, 7) is 1.97. The number of hydrogen-bond acceptors (Lipinski definition) is 2. The maximum absolute atomic E-state index is 12.9. The van der Waals surface area contributed by atoms with E-state index in [1.807, 2.05) is 31.2 Å². The number of imide groups is 1. The number of fused-ring (bicyclic) bond motifs is 5. The van der Waals surface area contributed by atoms with Gasteiger partial charge in [-0.05, 0) is 72.0 Å². The number of halogens is 1. The van der Waals surface area contributed by atoms with Crippen LogP contribution < -0.4 is 4.90 Å². The molecule has 2 aliphatic carbocycles. The van der Waals surface area contributed by atoms with Gasteiger partial charge in [0.1, 0.15) is 0 Å². The second kappa shape index (κ2) is 3.93. The van der Waals surface area contributed by atoms with Crippen molar-refractivity contribution in [1.29, 1.82) is 0 Å².